The molecule has 0 saturated carbocycles. The van der Waals surface area contributed by atoms with E-state index in [1.807, 2.05) is 41.8 Å². The van der Waals surface area contributed by atoms with E-state index in [1.54, 1.807) is 6.92 Å². The Balaban J connectivity index is 1.64. The molecule has 2 heterocycles. The number of hydrogen-bond acceptors (Lipinski definition) is 6. The fraction of sp³-hybridized carbons (Fsp3) is 0.471. The van der Waals surface area contributed by atoms with E-state index < -0.39 is 15.1 Å². The molecular weight excluding hydrogens is 372 g/mol. The first kappa shape index (κ1) is 18.9. The number of sulfone groups is 1. The van der Waals surface area contributed by atoms with Gasteiger partial charge in [-0.25, -0.2) is 8.42 Å². The highest BCUT2D eigenvalue weighted by molar-refractivity contribution is 8.00. The number of carbonyl (C=O) groups is 1. The Bertz CT molecular complexity index is 881. The fourth-order valence-corrected chi connectivity index (χ4v) is 5.41. The summed E-state index contributed by atoms with van der Waals surface area (Å²) >= 11 is 1.33. The van der Waals surface area contributed by atoms with Crippen molar-refractivity contribution in [3.05, 3.63) is 41.7 Å². The van der Waals surface area contributed by atoms with Crippen LogP contribution in [0.2, 0.25) is 0 Å². The normalized spacial score (nSPS) is 20.0. The number of aromatic nitrogens is 3. The molecule has 140 valence electrons. The number of hydrogen-bond donors (Lipinski definition) is 1. The molecule has 0 unspecified atom stereocenters. The smallest absolute Gasteiger partial charge is 0.233 e. The van der Waals surface area contributed by atoms with Gasteiger partial charge in [0.1, 0.15) is 5.82 Å². The van der Waals surface area contributed by atoms with E-state index in [4.69, 9.17) is 0 Å². The molecule has 2 aromatic rings. The van der Waals surface area contributed by atoms with Crippen LogP contribution in [0.5, 0.6) is 0 Å². The molecule has 1 aliphatic rings. The van der Waals surface area contributed by atoms with Crippen molar-refractivity contribution in [2.45, 2.75) is 43.3 Å². The van der Waals surface area contributed by atoms with Crippen molar-refractivity contribution in [2.24, 2.45) is 0 Å². The second-order valence-corrected chi connectivity index (χ2v) is 10.0. The van der Waals surface area contributed by atoms with Crippen LogP contribution in [0.1, 0.15) is 24.7 Å². The zero-order valence-electron chi connectivity index (χ0n) is 14.8. The van der Waals surface area contributed by atoms with Gasteiger partial charge in [-0.3, -0.25) is 4.79 Å². The second-order valence-electron chi connectivity index (χ2n) is 6.47. The van der Waals surface area contributed by atoms with Crippen LogP contribution in [0.25, 0.3) is 0 Å². The van der Waals surface area contributed by atoms with Gasteiger partial charge in [0.05, 0.1) is 23.3 Å². The van der Waals surface area contributed by atoms with Gasteiger partial charge in [-0.05, 0) is 25.8 Å². The largest absolute Gasteiger partial charge is 0.351 e. The van der Waals surface area contributed by atoms with E-state index in [9.17, 15) is 13.2 Å². The molecule has 0 radical (unpaired) electrons. The Morgan fingerprint density at radius 2 is 2.08 bits per heavy atom. The first-order valence-electron chi connectivity index (χ1n) is 8.45. The Morgan fingerprint density at radius 1 is 1.35 bits per heavy atom. The number of thioether (sulfide) groups is 1. The van der Waals surface area contributed by atoms with Crippen LogP contribution in [-0.4, -0.2) is 51.9 Å². The lowest BCUT2D eigenvalue weighted by Crippen LogP contribution is -2.40. The predicted octanol–water partition coefficient (Wildman–Crippen LogP) is 1.42. The van der Waals surface area contributed by atoms with Gasteiger partial charge in [0, 0.05) is 6.04 Å². The molecule has 7 nitrogen and oxygen atoms in total. The highest BCUT2D eigenvalue weighted by atomic mass is 32.2. The third-order valence-electron chi connectivity index (χ3n) is 4.32. The third-order valence-corrected chi connectivity index (χ3v) is 7.16. The minimum atomic E-state index is -3.01. The van der Waals surface area contributed by atoms with Gasteiger partial charge in [0.2, 0.25) is 5.91 Å². The number of carbonyl (C=O) groups excluding carboxylic acids is 1. The molecule has 1 N–H and O–H groups in total. The maximum Gasteiger partial charge on any atom is 0.233 e. The maximum atomic E-state index is 12.4. The minimum absolute atomic E-state index is 0.0272. The van der Waals surface area contributed by atoms with E-state index in [-0.39, 0.29) is 23.5 Å². The first-order chi connectivity index (χ1) is 12.3. The van der Waals surface area contributed by atoms with E-state index >= 15 is 0 Å². The van der Waals surface area contributed by atoms with Crippen molar-refractivity contribution >= 4 is 27.5 Å². The van der Waals surface area contributed by atoms with Gasteiger partial charge < -0.3 is 9.88 Å². The number of nitrogens with zero attached hydrogens (tertiary/aromatic N) is 3. The van der Waals surface area contributed by atoms with Crippen LogP contribution in [-0.2, 0) is 21.2 Å². The minimum Gasteiger partial charge on any atom is -0.351 e. The number of amides is 1. The van der Waals surface area contributed by atoms with Crippen molar-refractivity contribution in [2.75, 3.05) is 11.5 Å². The zero-order valence-corrected chi connectivity index (χ0v) is 16.4. The van der Waals surface area contributed by atoms with Crippen LogP contribution in [0.4, 0.5) is 0 Å². The van der Waals surface area contributed by atoms with E-state index in [0.717, 1.165) is 11.4 Å². The summed E-state index contributed by atoms with van der Waals surface area (Å²) in [5, 5.41) is 11.4. The quantitative estimate of drug-likeness (QED) is 0.745. The number of aryl methyl sites for hydroxylation is 1. The SMILES string of the molecule is Cc1nnc(S[C@@H](C)C(=O)N[C@@H]2CCS(=O)(=O)C2)n1Cc1ccccc1. The first-order valence-corrected chi connectivity index (χ1v) is 11.2. The molecule has 1 aromatic heterocycles. The van der Waals surface area contributed by atoms with Crippen LogP contribution in [0.15, 0.2) is 35.5 Å². The zero-order chi connectivity index (χ0) is 18.7. The van der Waals surface area contributed by atoms with E-state index in [2.05, 4.69) is 15.5 Å². The Morgan fingerprint density at radius 3 is 2.73 bits per heavy atom. The molecular formula is C17H22N4O3S2. The van der Waals surface area contributed by atoms with Gasteiger partial charge in [-0.1, -0.05) is 42.1 Å². The molecule has 26 heavy (non-hydrogen) atoms. The topological polar surface area (TPSA) is 94.0 Å². The molecule has 3 rings (SSSR count). The lowest BCUT2D eigenvalue weighted by atomic mass is 10.2. The maximum absolute atomic E-state index is 12.4. The highest BCUT2D eigenvalue weighted by Gasteiger charge is 2.30. The molecule has 2 atom stereocenters. The average Bonchev–Trinajstić information content (AvgIpc) is 3.11. The van der Waals surface area contributed by atoms with Gasteiger partial charge in [-0.2, -0.15) is 0 Å². The highest BCUT2D eigenvalue weighted by Crippen LogP contribution is 2.24. The summed E-state index contributed by atoms with van der Waals surface area (Å²) < 4.78 is 25.0. The Kier molecular flexibility index (Phi) is 5.67. The predicted molar refractivity (Wildman–Crippen MR) is 101 cm³/mol. The van der Waals surface area contributed by atoms with Gasteiger partial charge in [-0.15, -0.1) is 10.2 Å². The van der Waals surface area contributed by atoms with Gasteiger partial charge in [0.25, 0.3) is 0 Å². The second kappa shape index (κ2) is 7.79. The summed E-state index contributed by atoms with van der Waals surface area (Å²) in [6.45, 7) is 4.31. The van der Waals surface area contributed by atoms with Crippen LogP contribution in [0.3, 0.4) is 0 Å². The number of benzene rings is 1. The lowest BCUT2D eigenvalue weighted by molar-refractivity contribution is -0.120. The Labute approximate surface area is 157 Å². The summed E-state index contributed by atoms with van der Waals surface area (Å²) in [5.41, 5.74) is 1.13. The molecule has 9 heteroatoms. The van der Waals surface area contributed by atoms with Crippen LogP contribution in [0, 0.1) is 6.92 Å². The monoisotopic (exact) mass is 394 g/mol. The summed E-state index contributed by atoms with van der Waals surface area (Å²) in [6, 6.07) is 9.70. The number of rotatable bonds is 6. The molecule has 1 amide bonds. The molecule has 0 bridgehead atoms. The van der Waals surface area contributed by atoms with Crippen molar-refractivity contribution in [1.82, 2.24) is 20.1 Å². The van der Waals surface area contributed by atoms with Crippen molar-refractivity contribution in [1.29, 1.82) is 0 Å². The van der Waals surface area contributed by atoms with E-state index in [1.165, 1.54) is 11.8 Å². The lowest BCUT2D eigenvalue weighted by Gasteiger charge is -2.16. The fourth-order valence-electron chi connectivity index (χ4n) is 2.84. The summed E-state index contributed by atoms with van der Waals surface area (Å²) in [7, 11) is -3.01. The molecule has 0 aliphatic carbocycles. The number of nitrogens with one attached hydrogen (secondary N) is 1. The van der Waals surface area contributed by atoms with Crippen LogP contribution < -0.4 is 5.32 Å². The Hall–Kier alpha value is -1.87. The molecule has 0 spiro atoms. The molecule has 1 aliphatic heterocycles. The molecule has 1 aromatic carbocycles. The van der Waals surface area contributed by atoms with Crippen LogP contribution >= 0.6 is 11.8 Å². The molecule has 1 saturated heterocycles. The average molecular weight is 395 g/mol. The molecule has 1 fully saturated rings. The van der Waals surface area contributed by atoms with Crippen molar-refractivity contribution < 1.29 is 13.2 Å². The van der Waals surface area contributed by atoms with Crippen molar-refractivity contribution in [3.8, 4) is 0 Å². The standard InChI is InChI=1S/C17H22N4O3S2/c1-12(16(22)18-15-8-9-26(23,24)11-15)25-17-20-19-13(2)21(17)10-14-6-4-3-5-7-14/h3-7,12,15H,8-11H2,1-2H3,(H,18,22)/t12-,15+/m0/s1. The van der Waals surface area contributed by atoms with Gasteiger partial charge in [0.15, 0.2) is 15.0 Å². The van der Waals surface area contributed by atoms with Crippen molar-refractivity contribution in [3.63, 3.8) is 0 Å². The summed E-state index contributed by atoms with van der Waals surface area (Å²) in [5.74, 6) is 0.776. The van der Waals surface area contributed by atoms with E-state index in [0.29, 0.717) is 18.1 Å². The summed E-state index contributed by atoms with van der Waals surface area (Å²) in [6.07, 6.45) is 0.481. The summed E-state index contributed by atoms with van der Waals surface area (Å²) in [4.78, 5) is 12.4. The van der Waals surface area contributed by atoms with Gasteiger partial charge >= 0.3 is 0 Å². The third kappa shape index (κ3) is 4.64.